The monoisotopic (exact) mass is 424 g/mol. The van der Waals surface area contributed by atoms with Gasteiger partial charge in [-0.25, -0.2) is 0 Å². The Labute approximate surface area is 184 Å². The van der Waals surface area contributed by atoms with Gasteiger partial charge in [0, 0.05) is 25.4 Å². The minimum Gasteiger partial charge on any atom is -0.493 e. The average Bonchev–Trinajstić information content (AvgIpc) is 3.30. The molecular weight excluding hydrogens is 392 g/mol. The van der Waals surface area contributed by atoms with Crippen molar-refractivity contribution < 1.29 is 14.2 Å². The average molecular weight is 425 g/mol. The summed E-state index contributed by atoms with van der Waals surface area (Å²) < 4.78 is 16.6. The Morgan fingerprint density at radius 1 is 1.03 bits per heavy atom. The lowest BCUT2D eigenvalue weighted by Gasteiger charge is -2.31. The summed E-state index contributed by atoms with van der Waals surface area (Å²) in [7, 11) is 6.93. The van der Waals surface area contributed by atoms with E-state index in [0.717, 1.165) is 24.3 Å². The number of rotatable bonds is 8. The van der Waals surface area contributed by atoms with Crippen molar-refractivity contribution in [3.05, 3.63) is 47.0 Å². The highest BCUT2D eigenvalue weighted by molar-refractivity contribution is 5.95. The Morgan fingerprint density at radius 3 is 2.48 bits per heavy atom. The predicted octanol–water partition coefficient (Wildman–Crippen LogP) is 3.57. The first-order chi connectivity index (χ1) is 15.1. The highest BCUT2D eigenvalue weighted by Gasteiger charge is 2.25. The lowest BCUT2D eigenvalue weighted by Crippen LogP contribution is -2.38. The summed E-state index contributed by atoms with van der Waals surface area (Å²) in [6.45, 7) is 4.25. The zero-order valence-electron chi connectivity index (χ0n) is 18.9. The first-order valence-corrected chi connectivity index (χ1v) is 10.8. The highest BCUT2D eigenvalue weighted by atomic mass is 16.5. The molecule has 2 heterocycles. The van der Waals surface area contributed by atoms with Gasteiger partial charge in [0.1, 0.15) is 0 Å². The summed E-state index contributed by atoms with van der Waals surface area (Å²) in [5.74, 6) is 1.80. The van der Waals surface area contributed by atoms with Gasteiger partial charge in [-0.05, 0) is 44.1 Å². The maximum absolute atomic E-state index is 5.58. The zero-order chi connectivity index (χ0) is 21.8. The molecule has 1 atom stereocenters. The van der Waals surface area contributed by atoms with Crippen LogP contribution >= 0.6 is 0 Å². The molecule has 2 aromatic rings. The molecule has 0 amide bonds. The van der Waals surface area contributed by atoms with Gasteiger partial charge < -0.3 is 19.5 Å². The molecule has 0 aromatic heterocycles. The summed E-state index contributed by atoms with van der Waals surface area (Å²) in [4.78, 5) is 9.44. The molecule has 1 saturated heterocycles. The molecular formula is C24H32N4O3. The molecule has 0 radical (unpaired) electrons. The van der Waals surface area contributed by atoms with Gasteiger partial charge in [0.25, 0.3) is 0 Å². The molecule has 2 aliphatic rings. The maximum Gasteiger partial charge on any atom is 0.204 e. The van der Waals surface area contributed by atoms with Crippen LogP contribution in [0.5, 0.6) is 17.2 Å². The van der Waals surface area contributed by atoms with E-state index in [9.17, 15) is 0 Å². The van der Waals surface area contributed by atoms with Crippen LogP contribution in [0.1, 0.15) is 29.5 Å². The number of fused-ring (bicyclic) bond motifs is 1. The van der Waals surface area contributed by atoms with Crippen molar-refractivity contribution in [2.24, 2.45) is 4.99 Å². The van der Waals surface area contributed by atoms with Crippen LogP contribution in [0.3, 0.4) is 0 Å². The fraction of sp³-hybridized carbons (Fsp3) is 0.458. The number of nitrogens with zero attached hydrogens (tertiary/aromatic N) is 3. The third-order valence-electron chi connectivity index (χ3n) is 5.94. The van der Waals surface area contributed by atoms with E-state index in [4.69, 9.17) is 19.2 Å². The van der Waals surface area contributed by atoms with E-state index < -0.39 is 0 Å². The summed E-state index contributed by atoms with van der Waals surface area (Å²) >= 11 is 0. The van der Waals surface area contributed by atoms with Crippen molar-refractivity contribution >= 4 is 11.9 Å². The van der Waals surface area contributed by atoms with Gasteiger partial charge in [-0.2, -0.15) is 0 Å². The SMILES string of the molecule is COc1cc2c(c(OC)c1OC)C=NC(N(C)Cc1cccc(CN3CCCC3)c1)N2. The van der Waals surface area contributed by atoms with Gasteiger partial charge >= 0.3 is 0 Å². The second-order valence-corrected chi connectivity index (χ2v) is 8.12. The standard InChI is InChI=1S/C24H32N4O3/c1-27(15-17-8-7-9-18(12-17)16-28-10-5-6-11-28)24-25-14-19-20(26-24)13-21(29-2)23(31-4)22(19)30-3/h7-9,12-14,24,26H,5-6,10-11,15-16H2,1-4H3. The lowest BCUT2D eigenvalue weighted by molar-refractivity contribution is 0.263. The second-order valence-electron chi connectivity index (χ2n) is 8.12. The molecule has 0 bridgehead atoms. The van der Waals surface area contributed by atoms with Crippen molar-refractivity contribution in [3.63, 3.8) is 0 Å². The third-order valence-corrected chi connectivity index (χ3v) is 5.94. The van der Waals surface area contributed by atoms with Crippen LogP contribution in [0, 0.1) is 0 Å². The van der Waals surface area contributed by atoms with Crippen molar-refractivity contribution in [1.82, 2.24) is 9.80 Å². The van der Waals surface area contributed by atoms with Crippen LogP contribution in [-0.4, -0.2) is 63.8 Å². The number of ether oxygens (including phenoxy) is 3. The van der Waals surface area contributed by atoms with Gasteiger partial charge in [-0.1, -0.05) is 24.3 Å². The van der Waals surface area contributed by atoms with E-state index in [1.54, 1.807) is 21.3 Å². The number of hydrogen-bond acceptors (Lipinski definition) is 7. The fourth-order valence-corrected chi connectivity index (χ4v) is 4.37. The molecule has 4 rings (SSSR count). The van der Waals surface area contributed by atoms with E-state index in [-0.39, 0.29) is 6.29 Å². The first kappa shape index (κ1) is 21.5. The van der Waals surface area contributed by atoms with Gasteiger partial charge in [0.15, 0.2) is 17.8 Å². The van der Waals surface area contributed by atoms with Gasteiger partial charge in [-0.15, -0.1) is 0 Å². The predicted molar refractivity (Wildman–Crippen MR) is 124 cm³/mol. The number of methoxy groups -OCH3 is 3. The summed E-state index contributed by atoms with van der Waals surface area (Å²) in [6.07, 6.45) is 4.29. The number of likely N-dealkylation sites (tertiary alicyclic amines) is 1. The van der Waals surface area contributed by atoms with Crippen LogP contribution < -0.4 is 19.5 Å². The molecule has 166 valence electrons. The number of nitrogens with one attached hydrogen (secondary N) is 1. The normalized spacial score (nSPS) is 18.0. The van der Waals surface area contributed by atoms with Gasteiger partial charge in [0.2, 0.25) is 5.75 Å². The quantitative estimate of drug-likeness (QED) is 0.699. The molecule has 2 aliphatic heterocycles. The van der Waals surface area contributed by atoms with Crippen molar-refractivity contribution in [1.29, 1.82) is 0 Å². The molecule has 0 saturated carbocycles. The molecule has 7 nitrogen and oxygen atoms in total. The van der Waals surface area contributed by atoms with Gasteiger partial charge in [-0.3, -0.25) is 14.8 Å². The zero-order valence-corrected chi connectivity index (χ0v) is 18.9. The maximum atomic E-state index is 5.58. The van der Waals surface area contributed by atoms with Crippen molar-refractivity contribution in [3.8, 4) is 17.2 Å². The Morgan fingerprint density at radius 2 is 1.77 bits per heavy atom. The summed E-state index contributed by atoms with van der Waals surface area (Å²) in [5, 5.41) is 3.50. The Balaban J connectivity index is 1.48. The molecule has 1 N–H and O–H groups in total. The Bertz CT molecular complexity index is 941. The number of benzene rings is 2. The molecule has 2 aromatic carbocycles. The van der Waals surface area contributed by atoms with E-state index in [0.29, 0.717) is 17.2 Å². The topological polar surface area (TPSA) is 58.6 Å². The molecule has 0 aliphatic carbocycles. The van der Waals surface area contributed by atoms with E-state index in [1.165, 1.54) is 37.1 Å². The van der Waals surface area contributed by atoms with Crippen LogP contribution in [0.15, 0.2) is 35.3 Å². The fourth-order valence-electron chi connectivity index (χ4n) is 4.37. The number of anilines is 1. The van der Waals surface area contributed by atoms with Crippen LogP contribution in [-0.2, 0) is 13.1 Å². The third kappa shape index (κ3) is 4.62. The smallest absolute Gasteiger partial charge is 0.204 e. The second kappa shape index (κ2) is 9.58. The Hall–Kier alpha value is -2.77. The molecule has 31 heavy (non-hydrogen) atoms. The Kier molecular flexibility index (Phi) is 6.63. The van der Waals surface area contributed by atoms with E-state index in [1.807, 2.05) is 12.3 Å². The highest BCUT2D eigenvalue weighted by Crippen LogP contribution is 2.44. The molecule has 1 fully saturated rings. The molecule has 1 unspecified atom stereocenters. The molecule has 7 heteroatoms. The minimum atomic E-state index is -0.183. The lowest BCUT2D eigenvalue weighted by atomic mass is 10.1. The van der Waals surface area contributed by atoms with Crippen molar-refractivity contribution in [2.45, 2.75) is 32.2 Å². The minimum absolute atomic E-state index is 0.183. The van der Waals surface area contributed by atoms with E-state index >= 15 is 0 Å². The molecule has 0 spiro atoms. The number of aliphatic imine (C=N–C) groups is 1. The summed E-state index contributed by atoms with van der Waals surface area (Å²) in [6, 6.07) is 10.8. The summed E-state index contributed by atoms with van der Waals surface area (Å²) in [5.41, 5.74) is 4.42. The van der Waals surface area contributed by atoms with Crippen LogP contribution in [0.2, 0.25) is 0 Å². The van der Waals surface area contributed by atoms with Crippen LogP contribution in [0.4, 0.5) is 5.69 Å². The van der Waals surface area contributed by atoms with Gasteiger partial charge in [0.05, 0.1) is 32.6 Å². The first-order valence-electron chi connectivity index (χ1n) is 10.8. The van der Waals surface area contributed by atoms with Crippen molar-refractivity contribution in [2.75, 3.05) is 46.8 Å². The van der Waals surface area contributed by atoms with E-state index in [2.05, 4.69) is 46.4 Å². The number of hydrogen-bond donors (Lipinski definition) is 1. The van der Waals surface area contributed by atoms with Crippen LogP contribution in [0.25, 0.3) is 0 Å². The largest absolute Gasteiger partial charge is 0.493 e.